The topological polar surface area (TPSA) is 83.6 Å². The highest BCUT2D eigenvalue weighted by Crippen LogP contribution is 2.40. The summed E-state index contributed by atoms with van der Waals surface area (Å²) in [4.78, 5) is 29.5. The largest absolute Gasteiger partial charge is 0.352 e. The van der Waals surface area contributed by atoms with Crippen LogP contribution in [0.4, 0.5) is 23.4 Å². The van der Waals surface area contributed by atoms with Gasteiger partial charge >= 0.3 is 0 Å². The second-order valence-electron chi connectivity index (χ2n) is 10.2. The first-order valence-corrected chi connectivity index (χ1v) is 13.3. The number of rotatable bonds is 9. The number of H-pyrrole nitrogens is 1. The molecule has 4 aromatic heterocycles. The average Bonchev–Trinajstić information content (AvgIpc) is 3.69. The van der Waals surface area contributed by atoms with Crippen LogP contribution in [0.5, 0.6) is 0 Å². The number of carbonyl (C=O) groups is 1. The van der Waals surface area contributed by atoms with E-state index in [1.807, 2.05) is 6.07 Å². The molecule has 10 heteroatoms. The fourth-order valence-corrected chi connectivity index (χ4v) is 5.10. The van der Waals surface area contributed by atoms with Crippen molar-refractivity contribution in [2.75, 3.05) is 5.32 Å². The van der Waals surface area contributed by atoms with Crippen LogP contribution in [0.1, 0.15) is 36.3 Å². The Hall–Kier alpha value is -4.60. The normalized spacial score (nSPS) is 14.0. The van der Waals surface area contributed by atoms with Crippen LogP contribution >= 0.6 is 0 Å². The van der Waals surface area contributed by atoms with Crippen molar-refractivity contribution in [2.24, 2.45) is 5.92 Å². The Labute approximate surface area is 232 Å². The van der Waals surface area contributed by atoms with Crippen LogP contribution in [-0.2, 0) is 11.2 Å². The number of anilines is 1. The van der Waals surface area contributed by atoms with Crippen molar-refractivity contribution in [1.29, 1.82) is 0 Å². The molecule has 0 bridgehead atoms. The lowest BCUT2D eigenvalue weighted by Gasteiger charge is -2.17. The van der Waals surface area contributed by atoms with E-state index in [2.05, 4.69) is 25.3 Å². The number of aromatic amines is 1. The summed E-state index contributed by atoms with van der Waals surface area (Å²) < 4.78 is 54.9. The van der Waals surface area contributed by atoms with E-state index >= 15 is 0 Å². The Morgan fingerprint density at radius 1 is 1.00 bits per heavy atom. The van der Waals surface area contributed by atoms with Gasteiger partial charge in [-0.15, -0.1) is 0 Å². The zero-order valence-corrected chi connectivity index (χ0v) is 21.8. The third kappa shape index (κ3) is 5.82. The third-order valence-corrected chi connectivity index (χ3v) is 7.24. The minimum Gasteiger partial charge on any atom is -0.352 e. The van der Waals surface area contributed by atoms with Gasteiger partial charge in [-0.3, -0.25) is 9.78 Å². The molecule has 6 nitrogen and oxygen atoms in total. The molecule has 0 saturated heterocycles. The summed E-state index contributed by atoms with van der Waals surface area (Å²) in [6.45, 7) is 0. The summed E-state index contributed by atoms with van der Waals surface area (Å²) >= 11 is 0. The Kier molecular flexibility index (Phi) is 7.21. The maximum Gasteiger partial charge on any atom is 0.239 e. The van der Waals surface area contributed by atoms with Gasteiger partial charge in [-0.1, -0.05) is 18.2 Å². The van der Waals surface area contributed by atoms with Crippen molar-refractivity contribution in [1.82, 2.24) is 19.9 Å². The van der Waals surface area contributed by atoms with Gasteiger partial charge in [-0.25, -0.2) is 23.1 Å². The Morgan fingerprint density at radius 2 is 1.80 bits per heavy atom. The van der Waals surface area contributed by atoms with Crippen molar-refractivity contribution in [3.05, 3.63) is 95.9 Å². The third-order valence-electron chi connectivity index (χ3n) is 7.24. The van der Waals surface area contributed by atoms with Gasteiger partial charge in [0.1, 0.15) is 17.2 Å². The van der Waals surface area contributed by atoms with Gasteiger partial charge in [0, 0.05) is 24.4 Å². The van der Waals surface area contributed by atoms with Gasteiger partial charge in [0.2, 0.25) is 18.3 Å². The van der Waals surface area contributed by atoms with Gasteiger partial charge in [-0.05, 0) is 78.8 Å². The van der Waals surface area contributed by atoms with E-state index in [0.717, 1.165) is 37.0 Å². The van der Waals surface area contributed by atoms with E-state index in [1.54, 1.807) is 30.5 Å². The van der Waals surface area contributed by atoms with Crippen LogP contribution < -0.4 is 5.32 Å². The molecule has 1 saturated carbocycles. The minimum atomic E-state index is -2.75. The molecule has 0 aliphatic heterocycles. The number of hydrogen-bond donors (Lipinski definition) is 2. The first-order chi connectivity index (χ1) is 19.9. The van der Waals surface area contributed by atoms with Crippen molar-refractivity contribution in [3.8, 4) is 22.5 Å². The first-order valence-electron chi connectivity index (χ1n) is 13.3. The number of nitrogens with one attached hydrogen (secondary N) is 2. The molecular weight excluding hydrogens is 534 g/mol. The zero-order valence-electron chi connectivity index (χ0n) is 21.8. The van der Waals surface area contributed by atoms with E-state index < -0.39 is 36.4 Å². The lowest BCUT2D eigenvalue weighted by molar-refractivity contribution is -0.118. The molecule has 2 N–H and O–H groups in total. The molecule has 1 aromatic carbocycles. The fraction of sp³-hybridized carbons (Fsp3) is 0.226. The number of fused-ring (bicyclic) bond motifs is 1. The maximum atomic E-state index is 14.7. The SMILES string of the molecule is O=C(Nc1cc(-c2[nH]c3c(CC4CC4)cc(F)nc3c2-c2ccccn2)ccn1)[C@H](CC(F)F)c1ccc(F)cc1. The van der Waals surface area contributed by atoms with Gasteiger partial charge in [0.15, 0.2) is 0 Å². The van der Waals surface area contributed by atoms with Crippen LogP contribution in [0.2, 0.25) is 0 Å². The van der Waals surface area contributed by atoms with Crippen molar-refractivity contribution in [2.45, 2.75) is 38.0 Å². The molecule has 0 unspecified atom stereocenters. The molecular formula is C31H25F4N5O. The number of nitrogens with zero attached hydrogens (tertiary/aromatic N) is 3. The van der Waals surface area contributed by atoms with E-state index in [1.165, 1.54) is 24.4 Å². The minimum absolute atomic E-state index is 0.136. The summed E-state index contributed by atoms with van der Waals surface area (Å²) in [5.74, 6) is -2.37. The van der Waals surface area contributed by atoms with Gasteiger partial charge in [0.25, 0.3) is 0 Å². The van der Waals surface area contributed by atoms with Crippen molar-refractivity contribution in [3.63, 3.8) is 0 Å². The van der Waals surface area contributed by atoms with Crippen molar-refractivity contribution >= 4 is 22.8 Å². The first kappa shape index (κ1) is 26.6. The van der Waals surface area contributed by atoms with Gasteiger partial charge < -0.3 is 10.3 Å². The lowest BCUT2D eigenvalue weighted by Crippen LogP contribution is -2.23. The smallest absolute Gasteiger partial charge is 0.239 e. The molecule has 41 heavy (non-hydrogen) atoms. The summed E-state index contributed by atoms with van der Waals surface area (Å²) in [5, 5.41) is 2.64. The lowest BCUT2D eigenvalue weighted by atomic mass is 9.95. The number of pyridine rings is 3. The van der Waals surface area contributed by atoms with Crippen LogP contribution in [-0.4, -0.2) is 32.3 Å². The number of amides is 1. The van der Waals surface area contributed by atoms with Crippen LogP contribution in [0, 0.1) is 17.7 Å². The zero-order chi connectivity index (χ0) is 28.5. The predicted octanol–water partition coefficient (Wildman–Crippen LogP) is 7.30. The van der Waals surface area contributed by atoms with E-state index in [0.29, 0.717) is 39.5 Å². The number of hydrogen-bond acceptors (Lipinski definition) is 4. The highest BCUT2D eigenvalue weighted by atomic mass is 19.3. The maximum absolute atomic E-state index is 14.7. The quantitative estimate of drug-likeness (QED) is 0.147. The molecule has 1 aliphatic carbocycles. The van der Waals surface area contributed by atoms with Crippen molar-refractivity contribution < 1.29 is 22.4 Å². The van der Waals surface area contributed by atoms with Crippen LogP contribution in [0.3, 0.4) is 0 Å². The molecule has 1 aliphatic rings. The van der Waals surface area contributed by atoms with E-state index in [-0.39, 0.29) is 11.4 Å². The Morgan fingerprint density at radius 3 is 2.51 bits per heavy atom. The molecule has 1 amide bonds. The second-order valence-corrected chi connectivity index (χ2v) is 10.2. The average molecular weight is 560 g/mol. The number of aromatic nitrogens is 4. The number of carbonyl (C=O) groups excluding carboxylic acids is 1. The Balaban J connectivity index is 1.40. The summed E-state index contributed by atoms with van der Waals surface area (Å²) in [7, 11) is 0. The van der Waals surface area contributed by atoms with E-state index in [9.17, 15) is 22.4 Å². The molecule has 5 aromatic rings. The van der Waals surface area contributed by atoms with Crippen LogP contribution in [0.15, 0.2) is 73.1 Å². The highest BCUT2D eigenvalue weighted by molar-refractivity contribution is 6.02. The highest BCUT2D eigenvalue weighted by Gasteiger charge is 2.27. The fourth-order valence-electron chi connectivity index (χ4n) is 5.10. The van der Waals surface area contributed by atoms with Gasteiger partial charge in [-0.2, -0.15) is 4.39 Å². The molecule has 0 radical (unpaired) electrons. The summed E-state index contributed by atoms with van der Waals surface area (Å²) in [6, 6.07) is 15.1. The molecule has 208 valence electrons. The predicted molar refractivity (Wildman–Crippen MR) is 147 cm³/mol. The summed E-state index contributed by atoms with van der Waals surface area (Å²) in [5.41, 5.74) is 4.66. The standard InChI is InChI=1S/C31H25F4N5O/c32-21-8-6-18(7-9-21)22(16-24(33)34)31(41)39-26-15-19(10-12-37-26)28-27(23-3-1-2-11-36-23)30-29(40-28)20(13-17-4-5-17)14-25(35)38-30/h1-3,6-12,14-15,17,22,24,40H,4-5,13,16H2,(H,37,39,41)/t22-/m1/s1. The summed E-state index contributed by atoms with van der Waals surface area (Å²) in [6.07, 6.45) is 2.57. The molecule has 1 atom stereocenters. The molecule has 6 rings (SSSR count). The number of alkyl halides is 2. The number of halogens is 4. The molecule has 0 spiro atoms. The van der Waals surface area contributed by atoms with Crippen LogP contribution in [0.25, 0.3) is 33.5 Å². The second kappa shape index (κ2) is 11.1. The Bertz CT molecular complexity index is 1700. The molecule has 1 fully saturated rings. The number of benzene rings is 1. The monoisotopic (exact) mass is 559 g/mol. The molecule has 4 heterocycles. The van der Waals surface area contributed by atoms with Gasteiger partial charge in [0.05, 0.1) is 28.4 Å². The van der Waals surface area contributed by atoms with E-state index in [4.69, 9.17) is 0 Å².